The Hall–Kier alpha value is -2.85. The standard InChI is InChI=1S/C16H18N6O/c1-10(21-13-7-19-8-13)14(5-18)11-3-15(23-2)16-12(4-17)6-20-22(16)9-11/h3,5-6,9,13,19H,7-8,18H2,1-2H3/b14-5+,21-10?. The van der Waals surface area contributed by atoms with Gasteiger partial charge < -0.3 is 15.8 Å². The van der Waals surface area contributed by atoms with Crippen LogP contribution in [-0.2, 0) is 0 Å². The fourth-order valence-electron chi connectivity index (χ4n) is 2.60. The van der Waals surface area contributed by atoms with Crippen LogP contribution in [0.4, 0.5) is 0 Å². The van der Waals surface area contributed by atoms with E-state index in [-0.39, 0.29) is 0 Å². The zero-order valence-electron chi connectivity index (χ0n) is 13.1. The Balaban J connectivity index is 2.08. The number of rotatable bonds is 4. The summed E-state index contributed by atoms with van der Waals surface area (Å²) >= 11 is 0. The van der Waals surface area contributed by atoms with Crippen LogP contribution in [0.2, 0.25) is 0 Å². The number of nitrogens with zero attached hydrogens (tertiary/aromatic N) is 4. The van der Waals surface area contributed by atoms with Crippen LogP contribution >= 0.6 is 0 Å². The van der Waals surface area contributed by atoms with Gasteiger partial charge in [-0.1, -0.05) is 0 Å². The number of pyridine rings is 1. The van der Waals surface area contributed by atoms with Gasteiger partial charge in [-0.15, -0.1) is 0 Å². The summed E-state index contributed by atoms with van der Waals surface area (Å²) < 4.78 is 7.06. The van der Waals surface area contributed by atoms with Crippen LogP contribution < -0.4 is 15.8 Å². The van der Waals surface area contributed by atoms with Crippen molar-refractivity contribution in [1.29, 1.82) is 5.26 Å². The Morgan fingerprint density at radius 1 is 1.61 bits per heavy atom. The van der Waals surface area contributed by atoms with E-state index in [4.69, 9.17) is 10.5 Å². The van der Waals surface area contributed by atoms with E-state index in [1.165, 1.54) is 6.20 Å². The molecule has 0 radical (unpaired) electrons. The Morgan fingerprint density at radius 3 is 2.96 bits per heavy atom. The third-order valence-corrected chi connectivity index (χ3v) is 3.92. The first kappa shape index (κ1) is 15.1. The lowest BCUT2D eigenvalue weighted by molar-refractivity contribution is 0.417. The average molecular weight is 310 g/mol. The highest BCUT2D eigenvalue weighted by atomic mass is 16.5. The minimum Gasteiger partial charge on any atom is -0.494 e. The number of ether oxygens (including phenoxy) is 1. The Morgan fingerprint density at radius 2 is 2.39 bits per heavy atom. The molecule has 3 heterocycles. The number of hydrogen-bond acceptors (Lipinski definition) is 6. The van der Waals surface area contributed by atoms with Crippen LogP contribution in [0.15, 0.2) is 29.7 Å². The van der Waals surface area contributed by atoms with Crippen molar-refractivity contribution in [3.8, 4) is 11.8 Å². The second kappa shape index (κ2) is 6.10. The van der Waals surface area contributed by atoms with Crippen LogP contribution in [0, 0.1) is 11.3 Å². The van der Waals surface area contributed by atoms with E-state index in [1.54, 1.807) is 17.8 Å². The molecule has 0 saturated carbocycles. The molecule has 1 aliphatic rings. The zero-order chi connectivity index (χ0) is 16.4. The predicted molar refractivity (Wildman–Crippen MR) is 88.4 cm³/mol. The number of nitrogens with one attached hydrogen (secondary N) is 1. The topological polar surface area (TPSA) is 101 Å². The predicted octanol–water partition coefficient (Wildman–Crippen LogP) is 0.947. The molecule has 118 valence electrons. The molecule has 0 aromatic carbocycles. The molecule has 1 fully saturated rings. The van der Waals surface area contributed by atoms with Crippen LogP contribution in [0.3, 0.4) is 0 Å². The maximum absolute atomic E-state index is 9.17. The molecule has 3 N–H and O–H groups in total. The van der Waals surface area contributed by atoms with E-state index in [0.717, 1.165) is 29.9 Å². The molecule has 2 aromatic rings. The number of aliphatic imine (C=N–C) groups is 1. The Kier molecular flexibility index (Phi) is 4.00. The quantitative estimate of drug-likeness (QED) is 0.819. The SMILES string of the molecule is COc1cc(/C(=C/N)C(C)=NC2CNC2)cn2ncc(C#N)c12. The Labute approximate surface area is 134 Å². The summed E-state index contributed by atoms with van der Waals surface area (Å²) in [5.41, 5.74) is 9.48. The fraction of sp³-hybridized carbons (Fsp3) is 0.312. The number of fused-ring (bicyclic) bond motifs is 1. The van der Waals surface area contributed by atoms with Crippen LogP contribution in [0.5, 0.6) is 5.75 Å². The molecule has 23 heavy (non-hydrogen) atoms. The van der Waals surface area contributed by atoms with Gasteiger partial charge in [0.15, 0.2) is 0 Å². The first-order chi connectivity index (χ1) is 11.2. The molecule has 0 amide bonds. The van der Waals surface area contributed by atoms with Gasteiger partial charge in [0.2, 0.25) is 0 Å². The van der Waals surface area contributed by atoms with Gasteiger partial charge in [-0.05, 0) is 13.0 Å². The molecule has 0 atom stereocenters. The van der Waals surface area contributed by atoms with Gasteiger partial charge in [-0.2, -0.15) is 10.4 Å². The van der Waals surface area contributed by atoms with Gasteiger partial charge in [-0.25, -0.2) is 4.52 Å². The maximum atomic E-state index is 9.17. The summed E-state index contributed by atoms with van der Waals surface area (Å²) in [6, 6.07) is 4.27. The molecule has 3 rings (SSSR count). The van der Waals surface area contributed by atoms with Crippen LogP contribution in [0.25, 0.3) is 11.1 Å². The number of hydrogen-bond donors (Lipinski definition) is 2. The molecule has 7 heteroatoms. The molecule has 7 nitrogen and oxygen atoms in total. The molecule has 0 unspecified atom stereocenters. The highest BCUT2D eigenvalue weighted by Crippen LogP contribution is 2.28. The minimum absolute atomic E-state index is 0.297. The first-order valence-electron chi connectivity index (χ1n) is 7.31. The third kappa shape index (κ3) is 2.64. The largest absolute Gasteiger partial charge is 0.494 e. The Bertz CT molecular complexity index is 838. The van der Waals surface area contributed by atoms with Crippen LogP contribution in [0.1, 0.15) is 18.1 Å². The van der Waals surface area contributed by atoms with Gasteiger partial charge in [0.1, 0.15) is 22.9 Å². The summed E-state index contributed by atoms with van der Waals surface area (Å²) in [6.45, 7) is 3.72. The van der Waals surface area contributed by atoms with Gasteiger partial charge in [-0.3, -0.25) is 4.99 Å². The smallest absolute Gasteiger partial charge is 0.146 e. The lowest BCUT2D eigenvalue weighted by atomic mass is 10.0. The summed E-state index contributed by atoms with van der Waals surface area (Å²) in [5.74, 6) is 0.578. The summed E-state index contributed by atoms with van der Waals surface area (Å²) in [7, 11) is 1.57. The van der Waals surface area contributed by atoms with Crippen LogP contribution in [-0.4, -0.2) is 41.6 Å². The maximum Gasteiger partial charge on any atom is 0.146 e. The van der Waals surface area contributed by atoms with Gasteiger partial charge >= 0.3 is 0 Å². The summed E-state index contributed by atoms with van der Waals surface area (Å²) in [6.07, 6.45) is 4.89. The molecule has 0 aliphatic carbocycles. The van der Waals surface area contributed by atoms with Crippen molar-refractivity contribution < 1.29 is 4.74 Å². The number of nitrogens with two attached hydrogens (primary N) is 1. The number of methoxy groups -OCH3 is 1. The van der Waals surface area contributed by atoms with E-state index >= 15 is 0 Å². The van der Waals surface area contributed by atoms with Crippen molar-refractivity contribution >= 4 is 16.8 Å². The fourth-order valence-corrected chi connectivity index (χ4v) is 2.60. The van der Waals surface area contributed by atoms with Crippen molar-refractivity contribution in [3.05, 3.63) is 35.8 Å². The normalized spacial score (nSPS) is 16.2. The van der Waals surface area contributed by atoms with Gasteiger partial charge in [0, 0.05) is 42.3 Å². The van der Waals surface area contributed by atoms with Crippen molar-refractivity contribution in [3.63, 3.8) is 0 Å². The van der Waals surface area contributed by atoms with E-state index in [9.17, 15) is 5.26 Å². The lowest BCUT2D eigenvalue weighted by Gasteiger charge is -2.24. The highest BCUT2D eigenvalue weighted by Gasteiger charge is 2.18. The molecule has 1 saturated heterocycles. The second-order valence-corrected chi connectivity index (χ2v) is 5.37. The monoisotopic (exact) mass is 310 g/mol. The van der Waals surface area contributed by atoms with Crippen molar-refractivity contribution in [2.75, 3.05) is 20.2 Å². The lowest BCUT2D eigenvalue weighted by Crippen LogP contribution is -2.45. The molecule has 2 aromatic heterocycles. The number of nitriles is 1. The first-order valence-corrected chi connectivity index (χ1v) is 7.31. The van der Waals surface area contributed by atoms with Gasteiger partial charge in [0.25, 0.3) is 0 Å². The molecular formula is C16H18N6O. The molecule has 1 aliphatic heterocycles. The van der Waals surface area contributed by atoms with E-state index in [1.807, 2.05) is 19.2 Å². The summed E-state index contributed by atoms with van der Waals surface area (Å²) in [4.78, 5) is 4.67. The number of allylic oxidation sites excluding steroid dienone is 1. The second-order valence-electron chi connectivity index (χ2n) is 5.37. The number of aromatic nitrogens is 2. The van der Waals surface area contributed by atoms with E-state index in [2.05, 4.69) is 21.5 Å². The van der Waals surface area contributed by atoms with E-state index in [0.29, 0.717) is 22.9 Å². The third-order valence-electron chi connectivity index (χ3n) is 3.92. The van der Waals surface area contributed by atoms with Gasteiger partial charge in [0.05, 0.1) is 19.3 Å². The average Bonchev–Trinajstić information content (AvgIpc) is 2.94. The highest BCUT2D eigenvalue weighted by molar-refractivity contribution is 6.22. The van der Waals surface area contributed by atoms with Crippen molar-refractivity contribution in [2.24, 2.45) is 10.7 Å². The summed E-state index contributed by atoms with van der Waals surface area (Å²) in [5, 5.41) is 16.6. The minimum atomic E-state index is 0.297. The van der Waals surface area contributed by atoms with Crippen molar-refractivity contribution in [1.82, 2.24) is 14.9 Å². The van der Waals surface area contributed by atoms with Crippen molar-refractivity contribution in [2.45, 2.75) is 13.0 Å². The molecular weight excluding hydrogens is 292 g/mol. The molecule has 0 bridgehead atoms. The molecule has 0 spiro atoms. The van der Waals surface area contributed by atoms with E-state index < -0.39 is 0 Å². The zero-order valence-corrected chi connectivity index (χ0v) is 13.1.